The average molecular weight is 310 g/mol. The first-order valence-corrected chi connectivity index (χ1v) is 8.42. The van der Waals surface area contributed by atoms with Gasteiger partial charge in [-0.15, -0.1) is 0 Å². The molecule has 1 aliphatic heterocycles. The summed E-state index contributed by atoms with van der Waals surface area (Å²) < 4.78 is 1.64. The van der Waals surface area contributed by atoms with Crippen molar-refractivity contribution >= 4 is 17.2 Å². The summed E-state index contributed by atoms with van der Waals surface area (Å²) in [5.41, 5.74) is 1.09. The van der Waals surface area contributed by atoms with Gasteiger partial charge in [0.25, 0.3) is 0 Å². The van der Waals surface area contributed by atoms with Crippen molar-refractivity contribution in [2.45, 2.75) is 45.4 Å². The van der Waals surface area contributed by atoms with Crippen LogP contribution in [0.15, 0.2) is 18.5 Å². The first kappa shape index (κ1) is 15.5. The molecule has 0 amide bonds. The van der Waals surface area contributed by atoms with Gasteiger partial charge in [-0.3, -0.25) is 4.79 Å². The molecule has 0 aliphatic carbocycles. The van der Waals surface area contributed by atoms with Gasteiger partial charge in [-0.2, -0.15) is 5.10 Å². The molecule has 0 unspecified atom stereocenters. The van der Waals surface area contributed by atoms with E-state index in [1.807, 2.05) is 12.3 Å². The topological polar surface area (TPSA) is 50.5 Å². The zero-order valence-electron chi connectivity index (χ0n) is 13.6. The van der Waals surface area contributed by atoms with E-state index in [9.17, 15) is 4.79 Å². The standard InChI is InChI=1S/C18H22N4O/c1-2-3-4-5-6-9-16(23)15-14-19-22-13-10-17(20-18(15)22)21-11-7-8-12-21/h10,13-14H,2-5,7-8,11-12H2,1H3. The maximum atomic E-state index is 12.3. The number of carbonyl (C=O) groups is 1. The Kier molecular flexibility index (Phi) is 4.92. The maximum absolute atomic E-state index is 12.3. The predicted octanol–water partition coefficient (Wildman–Crippen LogP) is 3.10. The molecule has 0 bridgehead atoms. The van der Waals surface area contributed by atoms with Crippen LogP contribution in [0, 0.1) is 11.8 Å². The minimum atomic E-state index is -0.192. The van der Waals surface area contributed by atoms with Gasteiger partial charge < -0.3 is 4.90 Å². The molecule has 1 fully saturated rings. The summed E-state index contributed by atoms with van der Waals surface area (Å²) in [6.45, 7) is 4.21. The summed E-state index contributed by atoms with van der Waals surface area (Å²) in [5, 5.41) is 4.21. The van der Waals surface area contributed by atoms with Crippen LogP contribution < -0.4 is 4.90 Å². The van der Waals surface area contributed by atoms with Gasteiger partial charge in [0.15, 0.2) is 5.65 Å². The summed E-state index contributed by atoms with van der Waals surface area (Å²) in [6, 6.07) is 1.95. The number of ketones is 1. The molecule has 0 saturated carbocycles. The van der Waals surface area contributed by atoms with E-state index in [0.717, 1.165) is 44.6 Å². The van der Waals surface area contributed by atoms with Crippen LogP contribution in [0.25, 0.3) is 5.65 Å². The Morgan fingerprint density at radius 1 is 1.30 bits per heavy atom. The van der Waals surface area contributed by atoms with Gasteiger partial charge in [-0.1, -0.05) is 25.7 Å². The van der Waals surface area contributed by atoms with Crippen LogP contribution in [0.3, 0.4) is 0 Å². The first-order valence-electron chi connectivity index (χ1n) is 8.42. The molecule has 5 nitrogen and oxygen atoms in total. The molecule has 120 valence electrons. The Morgan fingerprint density at radius 3 is 2.91 bits per heavy atom. The van der Waals surface area contributed by atoms with Gasteiger partial charge in [0.1, 0.15) is 5.82 Å². The quantitative estimate of drug-likeness (QED) is 0.368. The van der Waals surface area contributed by atoms with E-state index in [4.69, 9.17) is 0 Å². The molecule has 2 aromatic rings. The molecular formula is C18H22N4O. The molecule has 0 spiro atoms. The van der Waals surface area contributed by atoms with E-state index in [-0.39, 0.29) is 5.78 Å². The van der Waals surface area contributed by atoms with Crippen LogP contribution in [-0.4, -0.2) is 33.5 Å². The van der Waals surface area contributed by atoms with Crippen LogP contribution >= 0.6 is 0 Å². The van der Waals surface area contributed by atoms with E-state index >= 15 is 0 Å². The minimum absolute atomic E-state index is 0.192. The van der Waals surface area contributed by atoms with Crippen LogP contribution in [0.1, 0.15) is 55.8 Å². The Hall–Kier alpha value is -2.35. The third-order valence-corrected chi connectivity index (χ3v) is 4.14. The maximum Gasteiger partial charge on any atom is 0.241 e. The Labute approximate surface area is 136 Å². The van der Waals surface area contributed by atoms with Gasteiger partial charge in [0.2, 0.25) is 5.78 Å². The molecule has 3 rings (SSSR count). The Balaban J connectivity index is 1.80. The molecule has 23 heavy (non-hydrogen) atoms. The molecule has 1 saturated heterocycles. The molecule has 0 N–H and O–H groups in total. The molecule has 1 aliphatic rings. The van der Waals surface area contributed by atoms with Crippen LogP contribution in [0.4, 0.5) is 5.82 Å². The van der Waals surface area contributed by atoms with Crippen LogP contribution in [0.2, 0.25) is 0 Å². The number of unbranched alkanes of at least 4 members (excludes halogenated alkanes) is 3. The van der Waals surface area contributed by atoms with Crippen molar-refractivity contribution in [3.63, 3.8) is 0 Å². The number of hydrogen-bond donors (Lipinski definition) is 0. The highest BCUT2D eigenvalue weighted by molar-refractivity contribution is 6.12. The van der Waals surface area contributed by atoms with Crippen molar-refractivity contribution in [3.05, 3.63) is 24.0 Å². The van der Waals surface area contributed by atoms with E-state index in [1.165, 1.54) is 12.8 Å². The summed E-state index contributed by atoms with van der Waals surface area (Å²) in [7, 11) is 0. The highest BCUT2D eigenvalue weighted by Crippen LogP contribution is 2.19. The Bertz CT molecular complexity index is 747. The fourth-order valence-corrected chi connectivity index (χ4v) is 2.82. The van der Waals surface area contributed by atoms with Crippen molar-refractivity contribution in [2.24, 2.45) is 0 Å². The van der Waals surface area contributed by atoms with Gasteiger partial charge in [0, 0.05) is 25.7 Å². The lowest BCUT2D eigenvalue weighted by Gasteiger charge is -2.15. The second-order valence-corrected chi connectivity index (χ2v) is 5.89. The third kappa shape index (κ3) is 3.53. The molecule has 0 radical (unpaired) electrons. The number of nitrogens with zero attached hydrogens (tertiary/aromatic N) is 4. The summed E-state index contributed by atoms with van der Waals surface area (Å²) in [4.78, 5) is 19.2. The highest BCUT2D eigenvalue weighted by Gasteiger charge is 2.17. The zero-order chi connectivity index (χ0) is 16.1. The number of rotatable bonds is 5. The van der Waals surface area contributed by atoms with Crippen molar-refractivity contribution in [3.8, 4) is 11.8 Å². The average Bonchev–Trinajstić information content (AvgIpc) is 3.23. The molecule has 5 heteroatoms. The molecular weight excluding hydrogens is 288 g/mol. The molecule has 0 atom stereocenters. The number of aromatic nitrogens is 3. The third-order valence-electron chi connectivity index (χ3n) is 4.14. The second-order valence-electron chi connectivity index (χ2n) is 5.89. The van der Waals surface area contributed by atoms with E-state index in [0.29, 0.717) is 11.2 Å². The lowest BCUT2D eigenvalue weighted by molar-refractivity contribution is 0.105. The number of hydrogen-bond acceptors (Lipinski definition) is 4. The number of anilines is 1. The van der Waals surface area contributed by atoms with E-state index in [1.54, 1.807) is 10.7 Å². The molecule has 2 aromatic heterocycles. The van der Waals surface area contributed by atoms with Gasteiger partial charge in [-0.25, -0.2) is 9.50 Å². The van der Waals surface area contributed by atoms with E-state index < -0.39 is 0 Å². The SMILES string of the molecule is CCCCCC#CC(=O)c1cnn2ccc(N3CCCC3)nc12. The number of carbonyl (C=O) groups excluding carboxylic acids is 1. The van der Waals surface area contributed by atoms with Crippen LogP contribution in [-0.2, 0) is 0 Å². The van der Waals surface area contributed by atoms with Gasteiger partial charge in [0.05, 0.1) is 11.8 Å². The first-order chi connectivity index (χ1) is 11.3. The number of Topliss-reactive ketones (excluding diaryl/α,β-unsaturated/α-hetero) is 1. The lowest BCUT2D eigenvalue weighted by atomic mass is 10.2. The zero-order valence-corrected chi connectivity index (χ0v) is 13.6. The monoisotopic (exact) mass is 310 g/mol. The van der Waals surface area contributed by atoms with Crippen molar-refractivity contribution in [2.75, 3.05) is 18.0 Å². The fourth-order valence-electron chi connectivity index (χ4n) is 2.82. The summed E-state index contributed by atoms with van der Waals surface area (Å²) >= 11 is 0. The smallest absolute Gasteiger partial charge is 0.241 e. The summed E-state index contributed by atoms with van der Waals surface area (Å²) in [5.74, 6) is 6.42. The Morgan fingerprint density at radius 2 is 2.13 bits per heavy atom. The molecule has 3 heterocycles. The number of fused-ring (bicyclic) bond motifs is 1. The summed E-state index contributed by atoms with van der Waals surface area (Å²) in [6.07, 6.45) is 9.95. The highest BCUT2D eigenvalue weighted by atomic mass is 16.1. The normalized spacial score (nSPS) is 14.0. The van der Waals surface area contributed by atoms with Gasteiger partial charge in [-0.05, 0) is 31.2 Å². The predicted molar refractivity (Wildman–Crippen MR) is 90.7 cm³/mol. The molecule has 0 aromatic carbocycles. The van der Waals surface area contributed by atoms with Crippen LogP contribution in [0.5, 0.6) is 0 Å². The largest absolute Gasteiger partial charge is 0.357 e. The second kappa shape index (κ2) is 7.28. The van der Waals surface area contributed by atoms with E-state index in [2.05, 4.69) is 33.7 Å². The van der Waals surface area contributed by atoms with Crippen molar-refractivity contribution in [1.29, 1.82) is 0 Å². The van der Waals surface area contributed by atoms with Gasteiger partial charge >= 0.3 is 0 Å². The van der Waals surface area contributed by atoms with Crippen molar-refractivity contribution in [1.82, 2.24) is 14.6 Å². The fraction of sp³-hybridized carbons (Fsp3) is 0.500. The minimum Gasteiger partial charge on any atom is -0.357 e. The lowest BCUT2D eigenvalue weighted by Crippen LogP contribution is -2.19. The van der Waals surface area contributed by atoms with Crippen molar-refractivity contribution < 1.29 is 4.79 Å².